The molecular formula is C16H18Cl2N4O2S. The number of carbonyl (C=O) groups is 1. The second-order valence-electron chi connectivity index (χ2n) is 5.78. The van der Waals surface area contributed by atoms with E-state index in [9.17, 15) is 4.79 Å². The molecule has 0 N–H and O–H groups in total. The first-order valence-electron chi connectivity index (χ1n) is 7.85. The van der Waals surface area contributed by atoms with Crippen molar-refractivity contribution in [3.8, 4) is 0 Å². The summed E-state index contributed by atoms with van der Waals surface area (Å²) in [5.74, 6) is -0.262. The molecule has 2 aromatic rings. The van der Waals surface area contributed by atoms with Crippen LogP contribution in [0.25, 0.3) is 0 Å². The number of carbonyl (C=O) groups excluding carboxylic acids is 1. The van der Waals surface area contributed by atoms with Gasteiger partial charge in [-0.15, -0.1) is 5.10 Å². The molecule has 0 radical (unpaired) electrons. The molecular weight excluding hydrogens is 383 g/mol. The van der Waals surface area contributed by atoms with Gasteiger partial charge in [-0.25, -0.2) is 4.79 Å². The van der Waals surface area contributed by atoms with Crippen molar-refractivity contribution in [3.05, 3.63) is 44.9 Å². The predicted molar refractivity (Wildman–Crippen MR) is 98.0 cm³/mol. The third-order valence-electron chi connectivity index (χ3n) is 4.26. The lowest BCUT2D eigenvalue weighted by atomic mass is 10.0. The molecule has 0 saturated carbocycles. The van der Waals surface area contributed by atoms with E-state index in [1.54, 1.807) is 12.1 Å². The van der Waals surface area contributed by atoms with E-state index in [1.807, 2.05) is 12.1 Å². The molecule has 0 spiro atoms. The number of hydrogen-bond acceptors (Lipinski definition) is 7. The fraction of sp³-hybridized carbons (Fsp3) is 0.438. The van der Waals surface area contributed by atoms with Gasteiger partial charge in [0, 0.05) is 49.3 Å². The molecule has 1 saturated heterocycles. The largest absolute Gasteiger partial charge is 0.468 e. The lowest BCUT2D eigenvalue weighted by Crippen LogP contribution is -2.49. The number of aromatic nitrogens is 2. The molecule has 2 heterocycles. The number of halogens is 2. The molecule has 3 rings (SSSR count). The molecule has 9 heteroatoms. The molecule has 1 aliphatic rings. The van der Waals surface area contributed by atoms with Gasteiger partial charge in [0.25, 0.3) is 0 Å². The van der Waals surface area contributed by atoms with E-state index in [4.69, 9.17) is 27.9 Å². The van der Waals surface area contributed by atoms with Gasteiger partial charge in [0.2, 0.25) is 0 Å². The van der Waals surface area contributed by atoms with Crippen molar-refractivity contribution in [2.75, 3.05) is 33.3 Å². The minimum Gasteiger partial charge on any atom is -0.468 e. The maximum atomic E-state index is 12.3. The molecule has 1 unspecified atom stereocenters. The Morgan fingerprint density at radius 2 is 1.92 bits per heavy atom. The monoisotopic (exact) mass is 400 g/mol. The molecule has 1 aliphatic heterocycles. The summed E-state index contributed by atoms with van der Waals surface area (Å²) >= 11 is 13.2. The van der Waals surface area contributed by atoms with Crippen LogP contribution in [0, 0.1) is 0 Å². The minimum atomic E-state index is -0.422. The molecule has 6 nitrogen and oxygen atoms in total. The number of rotatable bonds is 5. The van der Waals surface area contributed by atoms with Crippen LogP contribution in [-0.2, 0) is 16.1 Å². The van der Waals surface area contributed by atoms with E-state index in [0.717, 1.165) is 37.4 Å². The SMILES string of the molecule is COC(=O)C(c1ccc(Cl)cc1)N1CCN(Cc2nnsc2Cl)CC1. The zero-order valence-electron chi connectivity index (χ0n) is 13.7. The summed E-state index contributed by atoms with van der Waals surface area (Å²) in [4.78, 5) is 16.7. The summed E-state index contributed by atoms with van der Waals surface area (Å²) < 4.78 is 9.51. The van der Waals surface area contributed by atoms with Crippen molar-refractivity contribution in [2.45, 2.75) is 12.6 Å². The molecule has 1 aromatic heterocycles. The van der Waals surface area contributed by atoms with E-state index in [0.29, 0.717) is 15.9 Å². The summed E-state index contributed by atoms with van der Waals surface area (Å²) in [6.45, 7) is 3.80. The standard InChI is InChI=1S/C16H18Cl2N4O2S/c1-24-16(23)14(11-2-4-12(17)5-3-11)22-8-6-21(7-9-22)10-13-15(18)25-20-19-13/h2-5,14H,6-10H2,1H3. The lowest BCUT2D eigenvalue weighted by molar-refractivity contribution is -0.148. The molecule has 1 atom stereocenters. The number of piperazine rings is 1. The first kappa shape index (κ1) is 18.5. The van der Waals surface area contributed by atoms with Gasteiger partial charge < -0.3 is 4.74 Å². The van der Waals surface area contributed by atoms with Crippen molar-refractivity contribution in [2.24, 2.45) is 0 Å². The Hall–Kier alpha value is -1.25. The normalized spacial score (nSPS) is 17.4. The number of methoxy groups -OCH3 is 1. The third kappa shape index (κ3) is 4.48. The minimum absolute atomic E-state index is 0.262. The molecule has 1 aromatic carbocycles. The van der Waals surface area contributed by atoms with Crippen molar-refractivity contribution in [3.63, 3.8) is 0 Å². The van der Waals surface area contributed by atoms with Crippen LogP contribution in [0.1, 0.15) is 17.3 Å². The highest BCUT2D eigenvalue weighted by molar-refractivity contribution is 7.10. The number of nitrogens with zero attached hydrogens (tertiary/aromatic N) is 4. The maximum Gasteiger partial charge on any atom is 0.327 e. The van der Waals surface area contributed by atoms with E-state index in [2.05, 4.69) is 19.4 Å². The van der Waals surface area contributed by atoms with E-state index in [1.165, 1.54) is 18.6 Å². The van der Waals surface area contributed by atoms with E-state index in [-0.39, 0.29) is 5.97 Å². The molecule has 1 fully saturated rings. The van der Waals surface area contributed by atoms with E-state index >= 15 is 0 Å². The van der Waals surface area contributed by atoms with Gasteiger partial charge in [-0.3, -0.25) is 9.80 Å². The van der Waals surface area contributed by atoms with Crippen LogP contribution in [0.5, 0.6) is 0 Å². The van der Waals surface area contributed by atoms with Crippen molar-refractivity contribution in [1.82, 2.24) is 19.4 Å². The Kier molecular flexibility index (Phi) is 6.24. The first-order chi connectivity index (χ1) is 12.1. The summed E-state index contributed by atoms with van der Waals surface area (Å²) in [5.41, 5.74) is 1.69. The van der Waals surface area contributed by atoms with Crippen LogP contribution in [0.15, 0.2) is 24.3 Å². The number of benzene rings is 1. The second-order valence-corrected chi connectivity index (χ2v) is 7.58. The van der Waals surface area contributed by atoms with Gasteiger partial charge in [-0.1, -0.05) is 39.8 Å². The maximum absolute atomic E-state index is 12.3. The smallest absolute Gasteiger partial charge is 0.327 e. The predicted octanol–water partition coefficient (Wildman–Crippen LogP) is 2.88. The van der Waals surface area contributed by atoms with Gasteiger partial charge in [0.05, 0.1) is 7.11 Å². The van der Waals surface area contributed by atoms with Crippen LogP contribution in [-0.4, -0.2) is 58.6 Å². The number of hydrogen-bond donors (Lipinski definition) is 0. The van der Waals surface area contributed by atoms with Crippen LogP contribution in [0.3, 0.4) is 0 Å². The van der Waals surface area contributed by atoms with Gasteiger partial charge in [-0.05, 0) is 17.7 Å². The van der Waals surface area contributed by atoms with Crippen LogP contribution in [0.4, 0.5) is 0 Å². The van der Waals surface area contributed by atoms with Crippen molar-refractivity contribution >= 4 is 40.7 Å². The summed E-state index contributed by atoms with van der Waals surface area (Å²) in [7, 11) is 1.42. The van der Waals surface area contributed by atoms with Crippen molar-refractivity contribution < 1.29 is 9.53 Å². The Morgan fingerprint density at radius 1 is 1.24 bits per heavy atom. The number of ether oxygens (including phenoxy) is 1. The zero-order valence-corrected chi connectivity index (χ0v) is 16.0. The lowest BCUT2D eigenvalue weighted by Gasteiger charge is -2.38. The molecule has 134 valence electrons. The Labute approximate surface area is 160 Å². The average Bonchev–Trinajstić information content (AvgIpc) is 3.03. The highest BCUT2D eigenvalue weighted by Gasteiger charge is 2.31. The van der Waals surface area contributed by atoms with Crippen LogP contribution < -0.4 is 0 Å². The first-order valence-corrected chi connectivity index (χ1v) is 9.38. The zero-order chi connectivity index (χ0) is 17.8. The quantitative estimate of drug-likeness (QED) is 0.719. The topological polar surface area (TPSA) is 58.6 Å². The van der Waals surface area contributed by atoms with Gasteiger partial charge >= 0.3 is 5.97 Å². The van der Waals surface area contributed by atoms with Gasteiger partial charge in [0.1, 0.15) is 16.1 Å². The van der Waals surface area contributed by atoms with Gasteiger partial charge in [-0.2, -0.15) is 0 Å². The highest BCUT2D eigenvalue weighted by atomic mass is 35.5. The molecule has 25 heavy (non-hydrogen) atoms. The Morgan fingerprint density at radius 3 is 2.48 bits per heavy atom. The highest BCUT2D eigenvalue weighted by Crippen LogP contribution is 2.26. The molecule has 0 aliphatic carbocycles. The Balaban J connectivity index is 1.66. The fourth-order valence-electron chi connectivity index (χ4n) is 2.94. The molecule has 0 bridgehead atoms. The molecule has 0 amide bonds. The van der Waals surface area contributed by atoms with Gasteiger partial charge in [0.15, 0.2) is 0 Å². The van der Waals surface area contributed by atoms with E-state index < -0.39 is 6.04 Å². The second kappa shape index (κ2) is 8.42. The van der Waals surface area contributed by atoms with Crippen molar-refractivity contribution in [1.29, 1.82) is 0 Å². The third-order valence-corrected chi connectivity index (χ3v) is 5.50. The summed E-state index contributed by atoms with van der Waals surface area (Å²) in [5, 5.41) is 4.70. The summed E-state index contributed by atoms with van der Waals surface area (Å²) in [6, 6.07) is 6.91. The van der Waals surface area contributed by atoms with Crippen LogP contribution in [0.2, 0.25) is 9.36 Å². The number of esters is 1. The fourth-order valence-corrected chi connectivity index (χ4v) is 3.67. The average molecular weight is 401 g/mol. The Bertz CT molecular complexity index is 717. The van der Waals surface area contributed by atoms with Crippen LogP contribution >= 0.6 is 34.7 Å². The summed E-state index contributed by atoms with van der Waals surface area (Å²) in [6.07, 6.45) is 0.